The van der Waals surface area contributed by atoms with Crippen molar-refractivity contribution >= 4 is 22.9 Å². The third-order valence-electron chi connectivity index (χ3n) is 4.09. The summed E-state index contributed by atoms with van der Waals surface area (Å²) < 4.78 is 0. The van der Waals surface area contributed by atoms with E-state index in [0.29, 0.717) is 5.92 Å². The number of fused-ring (bicyclic) bond motifs is 1. The van der Waals surface area contributed by atoms with Gasteiger partial charge in [-0.15, -0.1) is 0 Å². The summed E-state index contributed by atoms with van der Waals surface area (Å²) in [7, 11) is 0. The molecule has 126 valence electrons. The molecule has 0 saturated heterocycles. The lowest BCUT2D eigenvalue weighted by atomic mass is 10.0. The molecule has 3 aromatic rings. The van der Waals surface area contributed by atoms with Gasteiger partial charge in [0.15, 0.2) is 0 Å². The fourth-order valence-corrected chi connectivity index (χ4v) is 2.60. The van der Waals surface area contributed by atoms with Crippen molar-refractivity contribution in [3.8, 4) is 5.75 Å². The predicted octanol–water partition coefficient (Wildman–Crippen LogP) is 4.43. The highest BCUT2D eigenvalue weighted by Crippen LogP contribution is 2.24. The Morgan fingerprint density at radius 1 is 1.04 bits per heavy atom. The zero-order chi connectivity index (χ0) is 17.8. The minimum Gasteiger partial charge on any atom is -0.507 e. The van der Waals surface area contributed by atoms with Crippen molar-refractivity contribution in [3.63, 3.8) is 0 Å². The number of aromatic hydroxyl groups is 1. The van der Waals surface area contributed by atoms with Crippen molar-refractivity contribution in [3.05, 3.63) is 77.4 Å². The number of nitrogens with one attached hydrogen (secondary N) is 1. The summed E-state index contributed by atoms with van der Waals surface area (Å²) in [6, 6.07) is 18.8. The van der Waals surface area contributed by atoms with Gasteiger partial charge in [0.25, 0.3) is 5.91 Å². The first-order valence-corrected chi connectivity index (χ1v) is 8.20. The normalized spacial score (nSPS) is 11.3. The molecule has 1 amide bonds. The maximum Gasteiger partial charge on any atom is 0.275 e. The molecule has 0 bridgehead atoms. The summed E-state index contributed by atoms with van der Waals surface area (Å²) in [5.41, 5.74) is 4.81. The lowest BCUT2D eigenvalue weighted by molar-refractivity contribution is 0.0952. The van der Waals surface area contributed by atoms with Crippen LogP contribution in [0.5, 0.6) is 5.75 Å². The van der Waals surface area contributed by atoms with Crippen molar-refractivity contribution in [2.75, 3.05) is 0 Å². The van der Waals surface area contributed by atoms with Crippen LogP contribution >= 0.6 is 0 Å². The SMILES string of the molecule is CC(C)c1ccc(/C=N\NC(=O)c2cc3ccccc3cc2O)cc1. The molecular weight excluding hydrogens is 312 g/mol. The Morgan fingerprint density at radius 3 is 2.32 bits per heavy atom. The number of hydrazone groups is 1. The van der Waals surface area contributed by atoms with Crippen molar-refractivity contribution in [1.29, 1.82) is 0 Å². The van der Waals surface area contributed by atoms with Crippen LogP contribution in [0.2, 0.25) is 0 Å². The number of hydrogen-bond donors (Lipinski definition) is 2. The summed E-state index contributed by atoms with van der Waals surface area (Å²) in [5, 5.41) is 15.8. The molecule has 0 aromatic heterocycles. The molecule has 3 aromatic carbocycles. The van der Waals surface area contributed by atoms with Crippen molar-refractivity contribution < 1.29 is 9.90 Å². The molecule has 0 fully saturated rings. The quantitative estimate of drug-likeness (QED) is 0.548. The Balaban J connectivity index is 1.73. The predicted molar refractivity (Wildman–Crippen MR) is 101 cm³/mol. The van der Waals surface area contributed by atoms with Crippen LogP contribution in [0.15, 0.2) is 65.8 Å². The molecule has 0 atom stereocenters. The van der Waals surface area contributed by atoms with Gasteiger partial charge in [-0.05, 0) is 39.9 Å². The molecular formula is C21H20N2O2. The van der Waals surface area contributed by atoms with Crippen LogP contribution in [-0.4, -0.2) is 17.2 Å². The van der Waals surface area contributed by atoms with Crippen LogP contribution in [0.4, 0.5) is 0 Å². The van der Waals surface area contributed by atoms with E-state index in [1.54, 1.807) is 18.3 Å². The Kier molecular flexibility index (Phi) is 4.80. The zero-order valence-corrected chi connectivity index (χ0v) is 14.2. The molecule has 0 aliphatic carbocycles. The largest absolute Gasteiger partial charge is 0.507 e. The highest BCUT2D eigenvalue weighted by molar-refractivity contribution is 6.01. The van der Waals surface area contributed by atoms with Crippen molar-refractivity contribution in [1.82, 2.24) is 5.43 Å². The Morgan fingerprint density at radius 2 is 1.68 bits per heavy atom. The highest BCUT2D eigenvalue weighted by Gasteiger charge is 2.11. The lowest BCUT2D eigenvalue weighted by Gasteiger charge is -2.06. The Hall–Kier alpha value is -3.14. The van der Waals surface area contributed by atoms with Gasteiger partial charge in [-0.3, -0.25) is 4.79 Å². The maximum absolute atomic E-state index is 12.3. The second kappa shape index (κ2) is 7.18. The molecule has 2 N–H and O–H groups in total. The van der Waals surface area contributed by atoms with Gasteiger partial charge in [0.05, 0.1) is 11.8 Å². The summed E-state index contributed by atoms with van der Waals surface area (Å²) in [5.74, 6) is -0.0347. The van der Waals surface area contributed by atoms with Gasteiger partial charge in [0.2, 0.25) is 0 Å². The topological polar surface area (TPSA) is 61.7 Å². The molecule has 0 spiro atoms. The molecule has 0 saturated carbocycles. The van der Waals surface area contributed by atoms with Crippen LogP contribution in [0, 0.1) is 0 Å². The van der Waals surface area contributed by atoms with E-state index < -0.39 is 5.91 Å². The second-order valence-electron chi connectivity index (χ2n) is 6.24. The van der Waals surface area contributed by atoms with Gasteiger partial charge < -0.3 is 5.11 Å². The number of amides is 1. The van der Waals surface area contributed by atoms with Crippen LogP contribution in [0.25, 0.3) is 10.8 Å². The van der Waals surface area contributed by atoms with Crippen LogP contribution in [-0.2, 0) is 0 Å². The molecule has 4 heteroatoms. The van der Waals surface area contributed by atoms with Gasteiger partial charge in [-0.1, -0.05) is 62.4 Å². The molecule has 25 heavy (non-hydrogen) atoms. The van der Waals surface area contributed by atoms with Gasteiger partial charge >= 0.3 is 0 Å². The number of phenols is 1. The van der Waals surface area contributed by atoms with E-state index in [2.05, 4.69) is 24.4 Å². The molecule has 0 unspecified atom stereocenters. The average Bonchev–Trinajstić information content (AvgIpc) is 2.61. The van der Waals surface area contributed by atoms with E-state index in [9.17, 15) is 9.90 Å². The fourth-order valence-electron chi connectivity index (χ4n) is 2.60. The Bertz CT molecular complexity index is 928. The van der Waals surface area contributed by atoms with Crippen LogP contribution in [0.1, 0.15) is 41.3 Å². The molecule has 0 aliphatic rings. The van der Waals surface area contributed by atoms with Gasteiger partial charge in [0, 0.05) is 0 Å². The third-order valence-corrected chi connectivity index (χ3v) is 4.09. The Labute approximate surface area is 146 Å². The minimum absolute atomic E-state index is 0.0623. The minimum atomic E-state index is -0.446. The van der Waals surface area contributed by atoms with E-state index in [-0.39, 0.29) is 11.3 Å². The number of hydrogen-bond acceptors (Lipinski definition) is 3. The van der Waals surface area contributed by atoms with Crippen molar-refractivity contribution in [2.24, 2.45) is 5.10 Å². The number of nitrogens with zero attached hydrogens (tertiary/aromatic N) is 1. The molecule has 0 radical (unpaired) electrons. The molecule has 0 aliphatic heterocycles. The van der Waals surface area contributed by atoms with E-state index in [1.165, 1.54) is 5.56 Å². The highest BCUT2D eigenvalue weighted by atomic mass is 16.3. The van der Waals surface area contributed by atoms with E-state index in [0.717, 1.165) is 16.3 Å². The van der Waals surface area contributed by atoms with Gasteiger partial charge in [-0.2, -0.15) is 5.10 Å². The summed E-state index contributed by atoms with van der Waals surface area (Å²) in [6.45, 7) is 4.28. The first-order chi connectivity index (χ1) is 12.0. The maximum atomic E-state index is 12.3. The second-order valence-corrected chi connectivity index (χ2v) is 6.24. The molecule has 0 heterocycles. The number of phenolic OH excluding ortho intramolecular Hbond substituents is 1. The molecule has 3 rings (SSSR count). The van der Waals surface area contributed by atoms with E-state index >= 15 is 0 Å². The number of rotatable bonds is 4. The van der Waals surface area contributed by atoms with Crippen LogP contribution in [0.3, 0.4) is 0 Å². The van der Waals surface area contributed by atoms with E-state index in [1.807, 2.05) is 48.5 Å². The first-order valence-electron chi connectivity index (χ1n) is 8.20. The zero-order valence-electron chi connectivity index (χ0n) is 14.2. The number of carbonyl (C=O) groups is 1. The smallest absolute Gasteiger partial charge is 0.275 e. The van der Waals surface area contributed by atoms with Crippen LogP contribution < -0.4 is 5.43 Å². The lowest BCUT2D eigenvalue weighted by Crippen LogP contribution is -2.17. The standard InChI is InChI=1S/C21H20N2O2/c1-14(2)16-9-7-15(8-10-16)13-22-23-21(25)19-11-17-5-3-4-6-18(17)12-20(19)24/h3-14,24H,1-2H3,(H,23,25)/b22-13-. The fraction of sp³-hybridized carbons (Fsp3) is 0.143. The van der Waals surface area contributed by atoms with Crippen molar-refractivity contribution in [2.45, 2.75) is 19.8 Å². The first kappa shape index (κ1) is 16.7. The average molecular weight is 332 g/mol. The van der Waals surface area contributed by atoms with Gasteiger partial charge in [0.1, 0.15) is 5.75 Å². The monoisotopic (exact) mass is 332 g/mol. The summed E-state index contributed by atoms with van der Waals surface area (Å²) >= 11 is 0. The summed E-state index contributed by atoms with van der Waals surface area (Å²) in [4.78, 5) is 12.3. The summed E-state index contributed by atoms with van der Waals surface area (Å²) in [6.07, 6.45) is 1.58. The number of carbonyl (C=O) groups excluding carboxylic acids is 1. The van der Waals surface area contributed by atoms with Gasteiger partial charge in [-0.25, -0.2) is 5.43 Å². The number of benzene rings is 3. The van der Waals surface area contributed by atoms with E-state index in [4.69, 9.17) is 0 Å². The third kappa shape index (κ3) is 3.86. The molecule has 4 nitrogen and oxygen atoms in total.